The highest BCUT2D eigenvalue weighted by molar-refractivity contribution is 7.94. The molecule has 0 bridgehead atoms. The normalized spacial score (nSPS) is 11.1. The van der Waals surface area contributed by atoms with Gasteiger partial charge in [-0.2, -0.15) is 0 Å². The van der Waals surface area contributed by atoms with Crippen LogP contribution in [0.2, 0.25) is 4.34 Å². The second-order valence-corrected chi connectivity index (χ2v) is 8.52. The topological polar surface area (TPSA) is 88.2 Å². The molecule has 1 aromatic carbocycles. The number of anilines is 2. The number of nitrogens with zero attached hydrogens (tertiary/aromatic N) is 1. The van der Waals surface area contributed by atoms with E-state index < -0.39 is 15.9 Å². The molecule has 0 aliphatic rings. The summed E-state index contributed by atoms with van der Waals surface area (Å²) in [6, 6.07) is 12.5. The Morgan fingerprint density at radius 2 is 1.76 bits per heavy atom. The number of hydrogen-bond acceptors (Lipinski definition) is 5. The molecule has 0 aliphatic heterocycles. The maximum Gasteiger partial charge on any atom is 0.271 e. The van der Waals surface area contributed by atoms with Crippen LogP contribution in [0.25, 0.3) is 0 Å². The monoisotopic (exact) mass is 393 g/mol. The number of nitrogens with one attached hydrogen (secondary N) is 2. The molecule has 2 N–H and O–H groups in total. The summed E-state index contributed by atoms with van der Waals surface area (Å²) in [5, 5.41) is 2.70. The van der Waals surface area contributed by atoms with Crippen LogP contribution in [0.3, 0.4) is 0 Å². The fraction of sp³-hybridized carbons (Fsp3) is 0. The highest BCUT2D eigenvalue weighted by atomic mass is 35.5. The Morgan fingerprint density at radius 3 is 2.44 bits per heavy atom. The van der Waals surface area contributed by atoms with Crippen molar-refractivity contribution in [2.75, 3.05) is 10.0 Å². The van der Waals surface area contributed by atoms with E-state index in [1.54, 1.807) is 36.7 Å². The number of pyridine rings is 1. The molecule has 0 unspecified atom stereocenters. The van der Waals surface area contributed by atoms with Gasteiger partial charge in [0.25, 0.3) is 15.9 Å². The molecule has 0 saturated carbocycles. The van der Waals surface area contributed by atoms with Gasteiger partial charge in [0.1, 0.15) is 4.21 Å². The molecule has 1 amide bonds. The van der Waals surface area contributed by atoms with Gasteiger partial charge in [-0.15, -0.1) is 11.3 Å². The van der Waals surface area contributed by atoms with Gasteiger partial charge in [0.15, 0.2) is 0 Å². The fourth-order valence-electron chi connectivity index (χ4n) is 2.04. The van der Waals surface area contributed by atoms with Crippen molar-refractivity contribution < 1.29 is 13.2 Å². The van der Waals surface area contributed by atoms with Gasteiger partial charge in [-0.1, -0.05) is 23.7 Å². The maximum atomic E-state index is 12.5. The standard InChI is InChI=1S/C16H12ClN3O3S2/c17-14-5-6-15(24-14)25(22,23)20-13-4-2-1-3-12(13)16(21)19-11-7-9-18-10-8-11/h1-10,20H,(H,18,19,21). The summed E-state index contributed by atoms with van der Waals surface area (Å²) in [5.74, 6) is -0.436. The molecular weight excluding hydrogens is 382 g/mol. The lowest BCUT2D eigenvalue weighted by molar-refractivity contribution is 0.102. The lowest BCUT2D eigenvalue weighted by Crippen LogP contribution is -2.18. The molecule has 0 saturated heterocycles. The third kappa shape index (κ3) is 4.16. The van der Waals surface area contributed by atoms with Gasteiger partial charge >= 0.3 is 0 Å². The highest BCUT2D eigenvalue weighted by Crippen LogP contribution is 2.28. The molecule has 3 aromatic rings. The summed E-state index contributed by atoms with van der Waals surface area (Å²) in [5.41, 5.74) is 0.937. The van der Waals surface area contributed by atoms with Crippen molar-refractivity contribution in [2.24, 2.45) is 0 Å². The fourth-order valence-corrected chi connectivity index (χ4v) is 4.60. The Hall–Kier alpha value is -2.42. The van der Waals surface area contributed by atoms with E-state index in [-0.39, 0.29) is 15.5 Å². The van der Waals surface area contributed by atoms with Gasteiger partial charge in [0.05, 0.1) is 15.6 Å². The largest absolute Gasteiger partial charge is 0.322 e. The van der Waals surface area contributed by atoms with Crippen molar-refractivity contribution in [3.8, 4) is 0 Å². The van der Waals surface area contributed by atoms with Crippen LogP contribution in [0.1, 0.15) is 10.4 Å². The molecule has 0 atom stereocenters. The van der Waals surface area contributed by atoms with Crippen LogP contribution >= 0.6 is 22.9 Å². The molecule has 128 valence electrons. The number of hydrogen-bond donors (Lipinski definition) is 2. The van der Waals surface area contributed by atoms with Gasteiger partial charge in [0.2, 0.25) is 0 Å². The van der Waals surface area contributed by atoms with E-state index in [1.807, 2.05) is 0 Å². The number of carbonyl (C=O) groups excluding carboxylic acids is 1. The number of carbonyl (C=O) groups is 1. The first-order chi connectivity index (χ1) is 12.0. The Labute approximate surface area is 153 Å². The minimum Gasteiger partial charge on any atom is -0.322 e. The first kappa shape index (κ1) is 17.4. The molecule has 0 spiro atoms. The third-order valence-electron chi connectivity index (χ3n) is 3.17. The average Bonchev–Trinajstić information content (AvgIpc) is 3.03. The molecule has 0 fully saturated rings. The Kier molecular flexibility index (Phi) is 5.03. The van der Waals surface area contributed by atoms with Crippen LogP contribution in [0.4, 0.5) is 11.4 Å². The lowest BCUT2D eigenvalue weighted by Gasteiger charge is -2.12. The molecule has 0 aliphatic carbocycles. The van der Waals surface area contributed by atoms with E-state index >= 15 is 0 Å². The molecule has 2 heterocycles. The lowest BCUT2D eigenvalue weighted by atomic mass is 10.1. The number of aromatic nitrogens is 1. The Morgan fingerprint density at radius 1 is 1.04 bits per heavy atom. The quantitative estimate of drug-likeness (QED) is 0.689. The van der Waals surface area contributed by atoms with Crippen LogP contribution in [-0.4, -0.2) is 19.3 Å². The zero-order chi connectivity index (χ0) is 17.9. The van der Waals surface area contributed by atoms with Crippen molar-refractivity contribution >= 4 is 50.2 Å². The molecule has 2 aromatic heterocycles. The third-order valence-corrected chi connectivity index (χ3v) is 6.26. The highest BCUT2D eigenvalue weighted by Gasteiger charge is 2.20. The Balaban J connectivity index is 1.87. The van der Waals surface area contributed by atoms with Gasteiger partial charge in [-0.3, -0.25) is 14.5 Å². The van der Waals surface area contributed by atoms with E-state index in [9.17, 15) is 13.2 Å². The molecule has 6 nitrogen and oxygen atoms in total. The number of para-hydroxylation sites is 1. The SMILES string of the molecule is O=C(Nc1ccncc1)c1ccccc1NS(=O)(=O)c1ccc(Cl)s1. The van der Waals surface area contributed by atoms with Crippen molar-refractivity contribution in [1.82, 2.24) is 4.98 Å². The summed E-state index contributed by atoms with van der Waals surface area (Å²) in [6.45, 7) is 0. The number of rotatable bonds is 5. The maximum absolute atomic E-state index is 12.5. The molecule has 0 radical (unpaired) electrons. The van der Waals surface area contributed by atoms with Crippen LogP contribution in [0, 0.1) is 0 Å². The van der Waals surface area contributed by atoms with Crippen LogP contribution < -0.4 is 10.0 Å². The van der Waals surface area contributed by atoms with Gasteiger partial charge in [-0.05, 0) is 36.4 Å². The number of benzene rings is 1. The zero-order valence-electron chi connectivity index (χ0n) is 12.6. The summed E-state index contributed by atoms with van der Waals surface area (Å²) in [4.78, 5) is 16.4. The van der Waals surface area contributed by atoms with E-state index in [4.69, 9.17) is 11.6 Å². The van der Waals surface area contributed by atoms with E-state index in [1.165, 1.54) is 24.3 Å². The molecule has 3 rings (SSSR count). The number of sulfonamides is 1. The zero-order valence-corrected chi connectivity index (χ0v) is 15.0. The van der Waals surface area contributed by atoms with Crippen molar-refractivity contribution in [3.05, 3.63) is 70.8 Å². The van der Waals surface area contributed by atoms with Crippen LogP contribution in [0.5, 0.6) is 0 Å². The van der Waals surface area contributed by atoms with Crippen molar-refractivity contribution in [2.45, 2.75) is 4.21 Å². The summed E-state index contributed by atoms with van der Waals surface area (Å²) < 4.78 is 27.8. The van der Waals surface area contributed by atoms with Crippen LogP contribution in [-0.2, 0) is 10.0 Å². The van der Waals surface area contributed by atoms with Gasteiger partial charge in [-0.25, -0.2) is 8.42 Å². The summed E-state index contributed by atoms with van der Waals surface area (Å²) in [7, 11) is -3.83. The smallest absolute Gasteiger partial charge is 0.271 e. The number of halogens is 1. The average molecular weight is 394 g/mol. The molecule has 25 heavy (non-hydrogen) atoms. The molecule has 9 heteroatoms. The number of amides is 1. The molecular formula is C16H12ClN3O3S2. The Bertz CT molecular complexity index is 1000. The number of thiophene rings is 1. The first-order valence-corrected chi connectivity index (χ1v) is 9.72. The van der Waals surface area contributed by atoms with Gasteiger partial charge < -0.3 is 5.32 Å². The minimum atomic E-state index is -3.83. The minimum absolute atomic E-state index is 0.0712. The van der Waals surface area contributed by atoms with E-state index in [0.29, 0.717) is 10.0 Å². The van der Waals surface area contributed by atoms with Crippen molar-refractivity contribution in [1.29, 1.82) is 0 Å². The predicted octanol–water partition coefficient (Wildman–Crippen LogP) is 3.85. The second-order valence-electron chi connectivity index (χ2n) is 4.90. The predicted molar refractivity (Wildman–Crippen MR) is 98.8 cm³/mol. The summed E-state index contributed by atoms with van der Waals surface area (Å²) >= 11 is 6.74. The van der Waals surface area contributed by atoms with Crippen LogP contribution in [0.15, 0.2) is 65.1 Å². The first-order valence-electron chi connectivity index (χ1n) is 7.04. The van der Waals surface area contributed by atoms with Gasteiger partial charge in [0, 0.05) is 18.1 Å². The van der Waals surface area contributed by atoms with E-state index in [0.717, 1.165) is 11.3 Å². The van der Waals surface area contributed by atoms with Crippen molar-refractivity contribution in [3.63, 3.8) is 0 Å². The van der Waals surface area contributed by atoms with E-state index in [2.05, 4.69) is 15.0 Å². The summed E-state index contributed by atoms with van der Waals surface area (Å²) in [6.07, 6.45) is 3.09. The second kappa shape index (κ2) is 7.22.